The van der Waals surface area contributed by atoms with Gasteiger partial charge in [-0.3, -0.25) is 9.59 Å². The molecule has 0 heterocycles. The second-order valence-electron chi connectivity index (χ2n) is 4.69. The minimum absolute atomic E-state index is 0.139. The number of hydrogen-bond acceptors (Lipinski definition) is 3. The van der Waals surface area contributed by atoms with Gasteiger partial charge in [-0.15, -0.1) is 0 Å². The monoisotopic (exact) mass is 283 g/mol. The van der Waals surface area contributed by atoms with E-state index in [1.54, 1.807) is 12.1 Å². The summed E-state index contributed by atoms with van der Waals surface area (Å²) in [7, 11) is 0. The van der Waals surface area contributed by atoms with E-state index >= 15 is 0 Å². The SMILES string of the molecule is Cc1ccc(C(=O)NCC(=O)OCc2ccccc2)cc1. The number of ether oxygens (including phenoxy) is 1. The maximum absolute atomic E-state index is 11.8. The molecule has 4 nitrogen and oxygen atoms in total. The summed E-state index contributed by atoms with van der Waals surface area (Å²) in [6.45, 7) is 2.02. The first-order valence-electron chi connectivity index (χ1n) is 6.69. The fourth-order valence-electron chi connectivity index (χ4n) is 1.75. The topological polar surface area (TPSA) is 55.4 Å². The first kappa shape index (κ1) is 14.8. The van der Waals surface area contributed by atoms with E-state index in [1.807, 2.05) is 49.4 Å². The summed E-state index contributed by atoms with van der Waals surface area (Å²) in [5, 5.41) is 2.54. The van der Waals surface area contributed by atoms with Crippen molar-refractivity contribution in [2.24, 2.45) is 0 Å². The molecule has 0 fully saturated rings. The quantitative estimate of drug-likeness (QED) is 0.858. The Balaban J connectivity index is 1.76. The number of carbonyl (C=O) groups is 2. The Labute approximate surface area is 123 Å². The van der Waals surface area contributed by atoms with E-state index in [2.05, 4.69) is 5.32 Å². The van der Waals surface area contributed by atoms with Crippen molar-refractivity contribution in [1.29, 1.82) is 0 Å². The number of carbonyl (C=O) groups excluding carboxylic acids is 2. The number of benzene rings is 2. The normalized spacial score (nSPS) is 9.95. The molecule has 2 aromatic carbocycles. The molecule has 0 aliphatic carbocycles. The Morgan fingerprint density at radius 3 is 2.33 bits per heavy atom. The van der Waals surface area contributed by atoms with E-state index in [4.69, 9.17) is 4.74 Å². The van der Waals surface area contributed by atoms with Crippen LogP contribution in [0.3, 0.4) is 0 Å². The standard InChI is InChI=1S/C17H17NO3/c1-13-7-9-15(10-8-13)17(20)18-11-16(19)21-12-14-5-3-2-4-6-14/h2-10H,11-12H2,1H3,(H,18,20). The van der Waals surface area contributed by atoms with Crippen molar-refractivity contribution in [2.75, 3.05) is 6.54 Å². The van der Waals surface area contributed by atoms with E-state index in [9.17, 15) is 9.59 Å². The van der Waals surface area contributed by atoms with E-state index in [1.165, 1.54) is 0 Å². The van der Waals surface area contributed by atoms with Gasteiger partial charge < -0.3 is 10.1 Å². The van der Waals surface area contributed by atoms with Crippen LogP contribution in [0.25, 0.3) is 0 Å². The van der Waals surface area contributed by atoms with Gasteiger partial charge >= 0.3 is 5.97 Å². The zero-order valence-corrected chi connectivity index (χ0v) is 11.8. The molecule has 0 spiro atoms. The maximum atomic E-state index is 11.8. The van der Waals surface area contributed by atoms with Crippen LogP contribution in [-0.2, 0) is 16.1 Å². The van der Waals surface area contributed by atoms with Gasteiger partial charge in [0.2, 0.25) is 0 Å². The average molecular weight is 283 g/mol. The highest BCUT2D eigenvalue weighted by molar-refractivity contribution is 5.95. The van der Waals surface area contributed by atoms with Crippen molar-refractivity contribution in [3.05, 3.63) is 71.3 Å². The number of aryl methyl sites for hydroxylation is 1. The minimum Gasteiger partial charge on any atom is -0.460 e. The summed E-state index contributed by atoms with van der Waals surface area (Å²) < 4.78 is 5.08. The van der Waals surface area contributed by atoms with Crippen LogP contribution in [0.4, 0.5) is 0 Å². The summed E-state index contributed by atoms with van der Waals surface area (Å²) in [6.07, 6.45) is 0. The molecule has 21 heavy (non-hydrogen) atoms. The molecular formula is C17H17NO3. The third-order valence-corrected chi connectivity index (χ3v) is 2.95. The highest BCUT2D eigenvalue weighted by Crippen LogP contribution is 2.03. The molecular weight excluding hydrogens is 266 g/mol. The largest absolute Gasteiger partial charge is 0.460 e. The molecule has 2 rings (SSSR count). The summed E-state index contributed by atoms with van der Waals surface area (Å²) in [4.78, 5) is 23.4. The summed E-state index contributed by atoms with van der Waals surface area (Å²) in [5.41, 5.74) is 2.51. The van der Waals surface area contributed by atoms with Crippen LogP contribution in [0.1, 0.15) is 21.5 Å². The van der Waals surface area contributed by atoms with Gasteiger partial charge in [0.15, 0.2) is 0 Å². The van der Waals surface area contributed by atoms with Gasteiger partial charge in [-0.05, 0) is 24.6 Å². The molecule has 4 heteroatoms. The second kappa shape index (κ2) is 7.24. The Kier molecular flexibility index (Phi) is 5.10. The van der Waals surface area contributed by atoms with E-state index in [0.717, 1.165) is 11.1 Å². The van der Waals surface area contributed by atoms with Crippen molar-refractivity contribution < 1.29 is 14.3 Å². The number of esters is 1. The lowest BCUT2D eigenvalue weighted by molar-refractivity contribution is -0.143. The Morgan fingerprint density at radius 2 is 1.67 bits per heavy atom. The lowest BCUT2D eigenvalue weighted by Crippen LogP contribution is -2.30. The Bertz CT molecular complexity index is 606. The lowest BCUT2D eigenvalue weighted by Gasteiger charge is -2.07. The van der Waals surface area contributed by atoms with Crippen molar-refractivity contribution in [3.8, 4) is 0 Å². The number of nitrogens with one attached hydrogen (secondary N) is 1. The summed E-state index contributed by atoms with van der Waals surface area (Å²) >= 11 is 0. The fraction of sp³-hybridized carbons (Fsp3) is 0.176. The molecule has 0 bridgehead atoms. The molecule has 0 radical (unpaired) electrons. The lowest BCUT2D eigenvalue weighted by atomic mass is 10.1. The van der Waals surface area contributed by atoms with Crippen LogP contribution in [-0.4, -0.2) is 18.4 Å². The van der Waals surface area contributed by atoms with Gasteiger partial charge in [-0.1, -0.05) is 48.0 Å². The van der Waals surface area contributed by atoms with Gasteiger partial charge in [-0.25, -0.2) is 0 Å². The number of rotatable bonds is 5. The van der Waals surface area contributed by atoms with Crippen LogP contribution < -0.4 is 5.32 Å². The van der Waals surface area contributed by atoms with Crippen LogP contribution >= 0.6 is 0 Å². The molecule has 0 atom stereocenters. The molecule has 0 aliphatic rings. The second-order valence-corrected chi connectivity index (χ2v) is 4.69. The molecule has 0 saturated heterocycles. The molecule has 108 valence electrons. The molecule has 0 aromatic heterocycles. The zero-order valence-electron chi connectivity index (χ0n) is 11.8. The average Bonchev–Trinajstić information content (AvgIpc) is 2.52. The molecule has 0 aliphatic heterocycles. The van der Waals surface area contributed by atoms with Gasteiger partial charge in [-0.2, -0.15) is 0 Å². The predicted molar refractivity (Wildman–Crippen MR) is 79.8 cm³/mol. The van der Waals surface area contributed by atoms with Gasteiger partial charge in [0.25, 0.3) is 5.91 Å². The fourth-order valence-corrected chi connectivity index (χ4v) is 1.75. The molecule has 2 aromatic rings. The third kappa shape index (κ3) is 4.76. The Morgan fingerprint density at radius 1 is 1.00 bits per heavy atom. The predicted octanol–water partition coefficient (Wildman–Crippen LogP) is 2.47. The van der Waals surface area contributed by atoms with E-state index in [-0.39, 0.29) is 19.1 Å². The van der Waals surface area contributed by atoms with Gasteiger partial charge in [0.1, 0.15) is 13.2 Å². The Hall–Kier alpha value is -2.62. The van der Waals surface area contributed by atoms with Crippen LogP contribution in [0.15, 0.2) is 54.6 Å². The van der Waals surface area contributed by atoms with E-state index < -0.39 is 5.97 Å². The van der Waals surface area contributed by atoms with Crippen molar-refractivity contribution in [2.45, 2.75) is 13.5 Å². The van der Waals surface area contributed by atoms with Crippen molar-refractivity contribution in [3.63, 3.8) is 0 Å². The summed E-state index contributed by atoms with van der Waals surface area (Å²) in [6, 6.07) is 16.5. The third-order valence-electron chi connectivity index (χ3n) is 2.95. The van der Waals surface area contributed by atoms with Crippen molar-refractivity contribution >= 4 is 11.9 Å². The van der Waals surface area contributed by atoms with Crippen LogP contribution in [0.2, 0.25) is 0 Å². The first-order valence-corrected chi connectivity index (χ1v) is 6.69. The zero-order chi connectivity index (χ0) is 15.1. The molecule has 0 saturated carbocycles. The number of amides is 1. The molecule has 1 amide bonds. The van der Waals surface area contributed by atoms with E-state index in [0.29, 0.717) is 5.56 Å². The smallest absolute Gasteiger partial charge is 0.325 e. The van der Waals surface area contributed by atoms with Crippen LogP contribution in [0, 0.1) is 6.92 Å². The minimum atomic E-state index is -0.459. The van der Waals surface area contributed by atoms with Crippen LogP contribution in [0.5, 0.6) is 0 Å². The first-order chi connectivity index (χ1) is 10.1. The van der Waals surface area contributed by atoms with Gasteiger partial charge in [0, 0.05) is 5.56 Å². The van der Waals surface area contributed by atoms with Crippen molar-refractivity contribution in [1.82, 2.24) is 5.32 Å². The van der Waals surface area contributed by atoms with Gasteiger partial charge in [0.05, 0.1) is 0 Å². The highest BCUT2D eigenvalue weighted by atomic mass is 16.5. The summed E-state index contributed by atoms with van der Waals surface area (Å²) in [5.74, 6) is -0.744. The molecule has 1 N–H and O–H groups in total. The molecule has 0 unspecified atom stereocenters. The highest BCUT2D eigenvalue weighted by Gasteiger charge is 2.08. The maximum Gasteiger partial charge on any atom is 0.325 e. The number of hydrogen-bond donors (Lipinski definition) is 1.